The van der Waals surface area contributed by atoms with Crippen LogP contribution in [-0.2, 0) is 0 Å². The minimum atomic E-state index is -0.625. The van der Waals surface area contributed by atoms with Gasteiger partial charge >= 0.3 is 0 Å². The van der Waals surface area contributed by atoms with E-state index >= 15 is 0 Å². The van der Waals surface area contributed by atoms with Gasteiger partial charge in [-0.1, -0.05) is 35.9 Å². The Morgan fingerprint density at radius 1 is 1.04 bits per heavy atom. The van der Waals surface area contributed by atoms with Gasteiger partial charge in [-0.2, -0.15) is 0 Å². The van der Waals surface area contributed by atoms with Crippen LogP contribution >= 0.6 is 11.6 Å². The summed E-state index contributed by atoms with van der Waals surface area (Å²) >= 11 is 6.44. The number of carbonyl (C=O) groups excluding carboxylic acids is 2. The third-order valence-corrected chi connectivity index (χ3v) is 4.89. The molecular weight excluding hydrogens is 343 g/mol. The molecule has 1 aliphatic heterocycles. The Morgan fingerprint density at radius 3 is 2.32 bits per heavy atom. The minimum absolute atomic E-state index is 0.158. The lowest BCUT2D eigenvalue weighted by Gasteiger charge is -2.24. The molecule has 0 fully saturated rings. The Balaban J connectivity index is 1.81. The molecule has 1 unspecified atom stereocenters. The van der Waals surface area contributed by atoms with E-state index in [-0.39, 0.29) is 22.4 Å². The van der Waals surface area contributed by atoms with Crippen LogP contribution in [0.3, 0.4) is 0 Å². The molecule has 6 heteroatoms. The second-order valence-corrected chi connectivity index (χ2v) is 6.24. The number of nitrogens with zero attached hydrogens (tertiary/aromatic N) is 2. The van der Waals surface area contributed by atoms with E-state index in [1.807, 2.05) is 0 Å². The zero-order valence-electron chi connectivity index (χ0n) is 13.2. The summed E-state index contributed by atoms with van der Waals surface area (Å²) in [6.07, 6.45) is 1.42. The maximum Gasteiger partial charge on any atom is 0.262 e. The summed E-state index contributed by atoms with van der Waals surface area (Å²) in [4.78, 5) is 30.6. The molecule has 25 heavy (non-hydrogen) atoms. The molecular formula is C19H12ClFN2O2. The molecule has 3 aromatic rings. The van der Waals surface area contributed by atoms with E-state index in [0.717, 1.165) is 0 Å². The Labute approximate surface area is 147 Å². The van der Waals surface area contributed by atoms with Crippen LogP contribution < -0.4 is 0 Å². The molecule has 2 aromatic carbocycles. The smallest absolute Gasteiger partial charge is 0.262 e. The predicted octanol–water partition coefficient (Wildman–Crippen LogP) is 4.38. The first-order valence-electron chi connectivity index (χ1n) is 7.70. The first-order chi connectivity index (χ1) is 12.0. The zero-order valence-corrected chi connectivity index (χ0v) is 13.9. The number of halogens is 2. The first-order valence-corrected chi connectivity index (χ1v) is 8.08. The number of benzene rings is 2. The van der Waals surface area contributed by atoms with Gasteiger partial charge in [0, 0.05) is 17.1 Å². The van der Waals surface area contributed by atoms with Gasteiger partial charge in [0.15, 0.2) is 0 Å². The van der Waals surface area contributed by atoms with Gasteiger partial charge in [-0.3, -0.25) is 19.5 Å². The highest BCUT2D eigenvalue weighted by atomic mass is 35.5. The summed E-state index contributed by atoms with van der Waals surface area (Å²) in [6, 6.07) is 10.6. The predicted molar refractivity (Wildman–Crippen MR) is 92.1 cm³/mol. The summed E-state index contributed by atoms with van der Waals surface area (Å²) in [5.74, 6) is -1.22. The lowest BCUT2D eigenvalue weighted by molar-refractivity contribution is 0.0595. The molecule has 0 bridgehead atoms. The SMILES string of the molecule is CC(c1cnc2c(F)cccc2c1Cl)N1C(=O)c2ccccc2C1=O. The van der Waals surface area contributed by atoms with E-state index in [1.54, 1.807) is 43.3 Å². The number of pyridine rings is 1. The highest BCUT2D eigenvalue weighted by Crippen LogP contribution is 2.36. The summed E-state index contributed by atoms with van der Waals surface area (Å²) < 4.78 is 13.9. The molecule has 0 N–H and O–H groups in total. The highest BCUT2D eigenvalue weighted by Gasteiger charge is 2.39. The van der Waals surface area contributed by atoms with Crippen molar-refractivity contribution in [3.63, 3.8) is 0 Å². The van der Waals surface area contributed by atoms with E-state index in [1.165, 1.54) is 17.2 Å². The number of fused-ring (bicyclic) bond motifs is 2. The van der Waals surface area contributed by atoms with E-state index in [9.17, 15) is 14.0 Å². The number of hydrogen-bond acceptors (Lipinski definition) is 3. The molecule has 0 aliphatic carbocycles. The lowest BCUT2D eigenvalue weighted by Crippen LogP contribution is -2.32. The molecule has 1 atom stereocenters. The number of aromatic nitrogens is 1. The average molecular weight is 355 g/mol. The molecule has 0 saturated heterocycles. The monoisotopic (exact) mass is 354 g/mol. The van der Waals surface area contributed by atoms with Crippen LogP contribution in [-0.4, -0.2) is 21.7 Å². The highest BCUT2D eigenvalue weighted by molar-refractivity contribution is 6.36. The van der Waals surface area contributed by atoms with Crippen molar-refractivity contribution < 1.29 is 14.0 Å². The topological polar surface area (TPSA) is 50.3 Å². The van der Waals surface area contributed by atoms with Crippen molar-refractivity contribution in [2.75, 3.05) is 0 Å². The average Bonchev–Trinajstić information content (AvgIpc) is 2.87. The third kappa shape index (κ3) is 2.23. The number of carbonyl (C=O) groups is 2. The van der Waals surface area contributed by atoms with Gasteiger partial charge < -0.3 is 0 Å². The first kappa shape index (κ1) is 15.7. The van der Waals surface area contributed by atoms with Crippen LogP contribution in [0.2, 0.25) is 5.02 Å². The van der Waals surface area contributed by atoms with E-state index in [2.05, 4.69) is 4.98 Å². The summed E-state index contributed by atoms with van der Waals surface area (Å²) in [5, 5.41) is 0.733. The molecule has 0 saturated carbocycles. The number of hydrogen-bond donors (Lipinski definition) is 0. The normalized spacial score (nSPS) is 14.9. The summed E-state index contributed by atoms with van der Waals surface area (Å²) in [6.45, 7) is 1.70. The number of amides is 2. The fraction of sp³-hybridized carbons (Fsp3) is 0.105. The van der Waals surface area contributed by atoms with Crippen molar-refractivity contribution in [2.24, 2.45) is 0 Å². The van der Waals surface area contributed by atoms with Crippen LogP contribution in [0.5, 0.6) is 0 Å². The molecule has 2 amide bonds. The third-order valence-electron chi connectivity index (χ3n) is 4.47. The van der Waals surface area contributed by atoms with Crippen molar-refractivity contribution in [2.45, 2.75) is 13.0 Å². The van der Waals surface area contributed by atoms with Crippen LogP contribution in [0, 0.1) is 5.82 Å². The second kappa shape index (κ2) is 5.63. The molecule has 1 aliphatic rings. The molecule has 124 valence electrons. The van der Waals surface area contributed by atoms with Gasteiger partial charge in [-0.05, 0) is 25.1 Å². The van der Waals surface area contributed by atoms with Gasteiger partial charge in [0.05, 0.1) is 22.2 Å². The van der Waals surface area contributed by atoms with Gasteiger partial charge in [0.1, 0.15) is 11.3 Å². The fourth-order valence-corrected chi connectivity index (χ4v) is 3.52. The van der Waals surface area contributed by atoms with Crippen LogP contribution in [0.4, 0.5) is 4.39 Å². The van der Waals surface area contributed by atoms with Gasteiger partial charge in [0.2, 0.25) is 0 Å². The van der Waals surface area contributed by atoms with Crippen molar-refractivity contribution in [3.8, 4) is 0 Å². The second-order valence-electron chi connectivity index (χ2n) is 5.87. The Hall–Kier alpha value is -2.79. The Morgan fingerprint density at radius 2 is 1.68 bits per heavy atom. The number of para-hydroxylation sites is 1. The van der Waals surface area contributed by atoms with Crippen LogP contribution in [0.1, 0.15) is 39.2 Å². The van der Waals surface area contributed by atoms with Crippen LogP contribution in [0.25, 0.3) is 10.9 Å². The van der Waals surface area contributed by atoms with Crippen molar-refractivity contribution in [3.05, 3.63) is 76.2 Å². The molecule has 4 rings (SSSR count). The lowest BCUT2D eigenvalue weighted by atomic mass is 10.1. The largest absolute Gasteiger partial charge is 0.269 e. The maximum atomic E-state index is 13.9. The zero-order chi connectivity index (χ0) is 17.7. The number of imide groups is 1. The van der Waals surface area contributed by atoms with E-state index in [0.29, 0.717) is 22.1 Å². The Bertz CT molecular complexity index is 1020. The van der Waals surface area contributed by atoms with E-state index < -0.39 is 11.9 Å². The van der Waals surface area contributed by atoms with Gasteiger partial charge in [-0.15, -0.1) is 0 Å². The fourth-order valence-electron chi connectivity index (χ4n) is 3.16. The van der Waals surface area contributed by atoms with Gasteiger partial charge in [0.25, 0.3) is 11.8 Å². The molecule has 1 aromatic heterocycles. The molecule has 0 radical (unpaired) electrons. The van der Waals surface area contributed by atoms with Crippen LogP contribution in [0.15, 0.2) is 48.7 Å². The Kier molecular flexibility index (Phi) is 3.54. The van der Waals surface area contributed by atoms with Gasteiger partial charge in [-0.25, -0.2) is 4.39 Å². The maximum absolute atomic E-state index is 13.9. The van der Waals surface area contributed by atoms with Crippen molar-refractivity contribution in [1.82, 2.24) is 9.88 Å². The molecule has 0 spiro atoms. The summed E-state index contributed by atoms with van der Waals surface area (Å²) in [5.41, 5.74) is 1.39. The summed E-state index contributed by atoms with van der Waals surface area (Å²) in [7, 11) is 0. The standard InChI is InChI=1S/C19H12ClFN2O2/c1-10(23-18(24)11-5-2-3-6-12(11)19(23)25)14-9-22-17-13(16(14)20)7-4-8-15(17)21/h2-10H,1H3. The quantitative estimate of drug-likeness (QED) is 0.641. The number of rotatable bonds is 2. The minimum Gasteiger partial charge on any atom is -0.269 e. The molecule has 2 heterocycles. The van der Waals surface area contributed by atoms with E-state index in [4.69, 9.17) is 11.6 Å². The molecule has 4 nitrogen and oxygen atoms in total. The van der Waals surface area contributed by atoms with Crippen molar-refractivity contribution >= 4 is 34.3 Å². The van der Waals surface area contributed by atoms with Crippen molar-refractivity contribution in [1.29, 1.82) is 0 Å².